The average molecular weight is 1700 g/mol. The first-order chi connectivity index (χ1) is 56.3. The van der Waals surface area contributed by atoms with Crippen LogP contribution in [0.2, 0.25) is 0 Å². The summed E-state index contributed by atoms with van der Waals surface area (Å²) in [6.07, 6.45) is -9.56. The summed E-state index contributed by atoms with van der Waals surface area (Å²) in [7, 11) is 1.59. The van der Waals surface area contributed by atoms with Crippen LogP contribution < -0.4 is 26.6 Å². The predicted molar refractivity (Wildman–Crippen MR) is 430 cm³/mol. The molecule has 0 radical (unpaired) electrons. The molecule has 0 bridgehead atoms. The van der Waals surface area contributed by atoms with Crippen molar-refractivity contribution in [3.05, 3.63) is 0 Å². The molecule has 5 fully saturated rings. The molecule has 0 aliphatic carbocycles. The van der Waals surface area contributed by atoms with Crippen LogP contribution in [-0.2, 0) is 81.0 Å². The molecule has 118 heavy (non-hydrogen) atoms. The van der Waals surface area contributed by atoms with E-state index in [4.69, 9.17) is 42.6 Å². The molecule has 0 spiro atoms. The van der Waals surface area contributed by atoms with E-state index in [1.165, 1.54) is 0 Å². The van der Waals surface area contributed by atoms with Crippen LogP contribution in [0.4, 0.5) is 0 Å². The lowest BCUT2D eigenvalue weighted by atomic mass is 9.90. The zero-order valence-corrected chi connectivity index (χ0v) is 71.5. The Morgan fingerprint density at radius 3 is 1.12 bits per heavy atom. The SMILES string of the molecule is CC(C)C.COC[C@@H]1C[C@@H](C)CN1C(=O)CCCNC(=O)C(CCCCNC(=O)C(CCCCNC(=O)CCCCO[C@@H]1OC(CO)[C@H](O)[C@H](O)C1C)CC(=O)CCCCO[C@@H]1OC(CO)[C@H](O)[C@H](O)C1C)CC(=O)C(CCCCNC(=O)CCCCO[C@@H]1OC(CO)[C@H](O)[C@H](O)C1C)NC(=O)CCCCO[C@@H]1OC(CO)[C@H](O)[C@H](O)C1C. The number of ether oxygens (including phenoxy) is 9. The van der Waals surface area contributed by atoms with Gasteiger partial charge in [0.15, 0.2) is 30.9 Å². The Bertz CT molecular complexity index is 2830. The molecule has 11 unspecified atom stereocenters. The van der Waals surface area contributed by atoms with Crippen LogP contribution in [0.15, 0.2) is 0 Å². The van der Waals surface area contributed by atoms with E-state index in [9.17, 15) is 99.6 Å². The summed E-state index contributed by atoms with van der Waals surface area (Å²) in [6, 6.07) is -1.11. The second kappa shape index (κ2) is 58.4. The van der Waals surface area contributed by atoms with Crippen molar-refractivity contribution in [2.75, 3.05) is 99.3 Å². The summed E-state index contributed by atoms with van der Waals surface area (Å²) in [5.41, 5.74) is 0. The summed E-state index contributed by atoms with van der Waals surface area (Å²) in [4.78, 5) is 112. The number of nitrogens with one attached hydrogen (secondary N) is 5. The molecule has 686 valence electrons. The van der Waals surface area contributed by atoms with E-state index in [-0.39, 0.29) is 139 Å². The molecular weight excluding hydrogens is 1540 g/mol. The Morgan fingerprint density at radius 2 is 0.746 bits per heavy atom. The number of nitrogens with zero attached hydrogens (tertiary/aromatic N) is 1. The number of carbonyl (C=O) groups is 8. The fourth-order valence-corrected chi connectivity index (χ4v) is 15.1. The lowest BCUT2D eigenvalue weighted by molar-refractivity contribution is -0.282. The lowest BCUT2D eigenvalue weighted by Gasteiger charge is -2.40. The maximum absolute atomic E-state index is 14.7. The highest BCUT2D eigenvalue weighted by atomic mass is 16.7. The number of rotatable bonds is 57. The van der Waals surface area contributed by atoms with E-state index >= 15 is 0 Å². The highest BCUT2D eigenvalue weighted by molar-refractivity contribution is 5.92. The minimum Gasteiger partial charge on any atom is -0.394 e. The topological polar surface area (TPSA) is 526 Å². The Kier molecular flexibility index (Phi) is 52.3. The zero-order valence-electron chi connectivity index (χ0n) is 71.5. The molecule has 17 N–H and O–H groups in total. The summed E-state index contributed by atoms with van der Waals surface area (Å²) in [5, 5.41) is 136. The third kappa shape index (κ3) is 37.8. The number of likely N-dealkylation sites (tertiary alicyclic amines) is 1. The van der Waals surface area contributed by atoms with Gasteiger partial charge in [0.25, 0.3) is 0 Å². The number of ketones is 2. The van der Waals surface area contributed by atoms with Gasteiger partial charge in [0.05, 0.1) is 69.5 Å². The fourth-order valence-electron chi connectivity index (χ4n) is 15.1. The highest BCUT2D eigenvalue weighted by Crippen LogP contribution is 2.32. The quantitative estimate of drug-likeness (QED) is 0.0377. The second-order valence-electron chi connectivity index (χ2n) is 33.6. The average Bonchev–Trinajstić information content (AvgIpc) is 1.16. The van der Waals surface area contributed by atoms with E-state index in [2.05, 4.69) is 54.3 Å². The van der Waals surface area contributed by atoms with Crippen molar-refractivity contribution in [2.24, 2.45) is 47.3 Å². The molecule has 0 aromatic heterocycles. The van der Waals surface area contributed by atoms with Crippen molar-refractivity contribution in [3.63, 3.8) is 0 Å². The molecule has 35 nitrogen and oxygen atoms in total. The standard InChI is InChI=1S/C79H140N6O29.C4H10/c1-47-38-54(46-106-6)85(41-47)65(95)29-21-33-83-75(105)53(40-57(91)56(84-64(94)28-13-20-37-110-79-51(5)69(99)73(103)61(45-89)114-79)25-9-16-31-81-63(93)27-12-19-36-109-78-50(4)68(98)72(102)60(44-88)113-78)23-8-15-32-82-74(104)52(39-55(90)24-10-17-34-107-76-48(2)66(96)70(100)58(42-86)111-76)22-7-14-30-80-62(92)26-11-18-35-108-77-49(3)67(97)71(101)59(43-87)112-77;1-4(2)3/h47-54,56,58-61,66-73,76-79,86-89,96-103H,7-46H2,1-6H3,(H,80,92)(H,81,93)(H,82,104)(H,83,105)(H,84,94);4H,1-3H3/t47-,48?,49?,50?,51?,52?,53?,54+,56?,58?,59?,60?,61?,66-,67-,68-,69-,70+,71+,72+,73+,76-,77-,78-,79-;/m1./s1. The van der Waals surface area contributed by atoms with Crippen molar-refractivity contribution in [2.45, 2.75) is 333 Å². The minimum atomic E-state index is -1.31. The van der Waals surface area contributed by atoms with Gasteiger partial charge in [-0.15, -0.1) is 0 Å². The predicted octanol–water partition coefficient (Wildman–Crippen LogP) is 0.972. The van der Waals surface area contributed by atoms with Gasteiger partial charge in [-0.3, -0.25) is 38.4 Å². The summed E-state index contributed by atoms with van der Waals surface area (Å²) in [6.45, 7) is 15.6. The van der Waals surface area contributed by atoms with Gasteiger partial charge in [-0.2, -0.15) is 0 Å². The van der Waals surface area contributed by atoms with Crippen molar-refractivity contribution in [3.8, 4) is 0 Å². The normalized spacial score (nSPS) is 29.9. The number of methoxy groups -OCH3 is 1. The Balaban J connectivity index is 0.00000715. The van der Waals surface area contributed by atoms with Gasteiger partial charge >= 0.3 is 0 Å². The van der Waals surface area contributed by atoms with Crippen molar-refractivity contribution < 1.29 is 142 Å². The van der Waals surface area contributed by atoms with Crippen molar-refractivity contribution in [1.29, 1.82) is 0 Å². The van der Waals surface area contributed by atoms with Gasteiger partial charge in [0, 0.05) is 147 Å². The summed E-state index contributed by atoms with van der Waals surface area (Å²) >= 11 is 0. The van der Waals surface area contributed by atoms with Crippen LogP contribution in [0, 0.1) is 47.3 Å². The molecule has 5 aliphatic rings. The van der Waals surface area contributed by atoms with Crippen LogP contribution in [0.25, 0.3) is 0 Å². The maximum Gasteiger partial charge on any atom is 0.223 e. The fraction of sp³-hybridized carbons (Fsp3) is 0.904. The van der Waals surface area contributed by atoms with Gasteiger partial charge in [-0.25, -0.2) is 0 Å². The van der Waals surface area contributed by atoms with Gasteiger partial charge < -0.3 is 135 Å². The van der Waals surface area contributed by atoms with Gasteiger partial charge in [-0.1, -0.05) is 68.2 Å². The largest absolute Gasteiger partial charge is 0.394 e. The van der Waals surface area contributed by atoms with Crippen LogP contribution in [0.3, 0.4) is 0 Å². The van der Waals surface area contributed by atoms with E-state index in [1.807, 2.05) is 4.90 Å². The molecule has 0 aromatic rings. The number of aliphatic hydroxyl groups is 12. The number of hydrogen-bond acceptors (Lipinski definition) is 29. The van der Waals surface area contributed by atoms with Crippen molar-refractivity contribution in [1.82, 2.24) is 31.5 Å². The molecule has 5 saturated heterocycles. The van der Waals surface area contributed by atoms with Gasteiger partial charge in [-0.05, 0) is 121 Å². The Labute approximate surface area is 697 Å². The smallest absolute Gasteiger partial charge is 0.223 e. The number of aliphatic hydroxyl groups excluding tert-OH is 12. The number of hydrogen-bond donors (Lipinski definition) is 17. The van der Waals surface area contributed by atoms with E-state index in [0.717, 1.165) is 12.3 Å². The van der Waals surface area contributed by atoms with Crippen LogP contribution in [0.5, 0.6) is 0 Å². The molecule has 6 amide bonds. The summed E-state index contributed by atoms with van der Waals surface area (Å²) < 4.78 is 51.2. The maximum atomic E-state index is 14.7. The molecule has 5 rings (SSSR count). The molecule has 0 aromatic carbocycles. The first-order valence-electron chi connectivity index (χ1n) is 43.5. The highest BCUT2D eigenvalue weighted by Gasteiger charge is 2.46. The van der Waals surface area contributed by atoms with E-state index in [1.54, 1.807) is 34.8 Å². The Hall–Kier alpha value is -4.68. The number of carbonyl (C=O) groups excluding carboxylic acids is 8. The number of unbranched alkanes of at least 4 members (excludes halogenated alkanes) is 7. The van der Waals surface area contributed by atoms with Crippen LogP contribution >= 0.6 is 0 Å². The minimum absolute atomic E-state index is 0.0202. The third-order valence-corrected chi connectivity index (χ3v) is 22.5. The van der Waals surface area contributed by atoms with Crippen molar-refractivity contribution >= 4 is 47.0 Å². The number of Topliss-reactive ketones (excluding diaryl/α,β-unsaturated/α-hetero) is 2. The molecular formula is C83H150N6O29. The first-order valence-corrected chi connectivity index (χ1v) is 43.5. The van der Waals surface area contributed by atoms with E-state index < -0.39 is 184 Å². The Morgan fingerprint density at radius 1 is 0.407 bits per heavy atom. The third-order valence-electron chi connectivity index (χ3n) is 22.5. The second-order valence-corrected chi connectivity index (χ2v) is 33.6. The molecule has 5 heterocycles. The van der Waals surface area contributed by atoms with Crippen LogP contribution in [-0.4, -0.2) is 323 Å². The molecule has 25 atom stereocenters. The molecule has 35 heteroatoms. The molecule has 5 aliphatic heterocycles. The summed E-state index contributed by atoms with van der Waals surface area (Å²) in [5.74, 6) is -5.22. The monoisotopic (exact) mass is 1700 g/mol. The number of amides is 6. The van der Waals surface area contributed by atoms with Gasteiger partial charge in [0.2, 0.25) is 35.4 Å². The van der Waals surface area contributed by atoms with E-state index in [0.29, 0.717) is 128 Å². The van der Waals surface area contributed by atoms with Crippen LogP contribution in [0.1, 0.15) is 222 Å². The first kappa shape index (κ1) is 106. The lowest BCUT2D eigenvalue weighted by Crippen LogP contribution is -2.55. The molecule has 0 saturated carbocycles. The van der Waals surface area contributed by atoms with Gasteiger partial charge in [0.1, 0.15) is 54.6 Å². The zero-order chi connectivity index (χ0) is 87.4.